The Kier molecular flexibility index (Phi) is 3.37. The van der Waals surface area contributed by atoms with Crippen molar-refractivity contribution < 1.29 is 0 Å². The fourth-order valence-electron chi connectivity index (χ4n) is 1.90. The number of anilines is 1. The van der Waals surface area contributed by atoms with Crippen LogP contribution < -0.4 is 5.32 Å². The van der Waals surface area contributed by atoms with Gasteiger partial charge in [0.25, 0.3) is 0 Å². The largest absolute Gasteiger partial charge is 0.369 e. The van der Waals surface area contributed by atoms with Gasteiger partial charge in [-0.15, -0.1) is 16.4 Å². The Labute approximate surface area is 114 Å². The maximum absolute atomic E-state index is 4.46. The van der Waals surface area contributed by atoms with Crippen LogP contribution in [0.2, 0.25) is 0 Å². The summed E-state index contributed by atoms with van der Waals surface area (Å²) in [5, 5.41) is 14.2. The lowest BCUT2D eigenvalue weighted by Gasteiger charge is -2.07. The maximum Gasteiger partial charge on any atom is 0.138 e. The van der Waals surface area contributed by atoms with Crippen LogP contribution in [-0.4, -0.2) is 31.5 Å². The highest BCUT2D eigenvalue weighted by atomic mass is 32.1. The Bertz CT molecular complexity index is 660. The van der Waals surface area contributed by atoms with Crippen LogP contribution >= 0.6 is 11.3 Å². The van der Waals surface area contributed by atoms with Gasteiger partial charge in [-0.1, -0.05) is 5.21 Å². The molecule has 0 aliphatic carbocycles. The first-order valence-corrected chi connectivity index (χ1v) is 7.01. The molecule has 0 aliphatic heterocycles. The monoisotopic (exact) mass is 274 g/mol. The second-order valence-corrected chi connectivity index (χ2v) is 5.10. The van der Waals surface area contributed by atoms with Crippen LogP contribution in [0.5, 0.6) is 0 Å². The summed E-state index contributed by atoms with van der Waals surface area (Å²) in [6.45, 7) is 3.62. The average Bonchev–Trinajstić information content (AvgIpc) is 3.04. The minimum absolute atomic E-state index is 0.800. The highest BCUT2D eigenvalue weighted by Crippen LogP contribution is 2.24. The molecule has 0 saturated heterocycles. The topological polar surface area (TPSA) is 68.5 Å². The van der Waals surface area contributed by atoms with E-state index < -0.39 is 0 Å². The molecule has 19 heavy (non-hydrogen) atoms. The molecule has 0 fully saturated rings. The van der Waals surface area contributed by atoms with Crippen LogP contribution in [0.4, 0.5) is 5.82 Å². The molecular formula is C12H14N6S. The van der Waals surface area contributed by atoms with Crippen molar-refractivity contribution in [3.8, 4) is 0 Å². The van der Waals surface area contributed by atoms with Gasteiger partial charge in [0.1, 0.15) is 16.5 Å². The Hall–Kier alpha value is -2.02. The van der Waals surface area contributed by atoms with Crippen molar-refractivity contribution in [2.75, 3.05) is 11.9 Å². The number of nitrogens with one attached hydrogen (secondary N) is 1. The zero-order chi connectivity index (χ0) is 13.1. The van der Waals surface area contributed by atoms with E-state index in [1.165, 1.54) is 0 Å². The van der Waals surface area contributed by atoms with Gasteiger partial charge in [0.15, 0.2) is 0 Å². The molecule has 0 atom stereocenters. The smallest absolute Gasteiger partial charge is 0.138 e. The molecule has 3 aromatic heterocycles. The molecule has 0 amide bonds. The van der Waals surface area contributed by atoms with Gasteiger partial charge >= 0.3 is 0 Å². The van der Waals surface area contributed by atoms with Crippen molar-refractivity contribution in [3.05, 3.63) is 29.7 Å². The first-order chi connectivity index (χ1) is 9.33. The average molecular weight is 274 g/mol. The van der Waals surface area contributed by atoms with E-state index in [2.05, 4.69) is 31.7 Å². The summed E-state index contributed by atoms with van der Waals surface area (Å²) in [6.07, 6.45) is 4.53. The van der Waals surface area contributed by atoms with Crippen LogP contribution in [0.3, 0.4) is 0 Å². The van der Waals surface area contributed by atoms with Crippen molar-refractivity contribution in [1.82, 2.24) is 25.0 Å². The van der Waals surface area contributed by atoms with Gasteiger partial charge in [0.05, 0.1) is 11.6 Å². The summed E-state index contributed by atoms with van der Waals surface area (Å²) in [6, 6.07) is 2.05. The molecule has 7 heteroatoms. The second-order valence-electron chi connectivity index (χ2n) is 4.21. The number of hydrogen-bond acceptors (Lipinski definition) is 6. The summed E-state index contributed by atoms with van der Waals surface area (Å²) in [5.74, 6) is 1.72. The summed E-state index contributed by atoms with van der Waals surface area (Å²) < 4.78 is 1.83. The van der Waals surface area contributed by atoms with Gasteiger partial charge in [-0.05, 0) is 24.8 Å². The number of aromatic nitrogens is 5. The molecule has 0 radical (unpaired) electrons. The fraction of sp³-hybridized carbons (Fsp3) is 0.333. The lowest BCUT2D eigenvalue weighted by Crippen LogP contribution is -2.09. The van der Waals surface area contributed by atoms with Crippen molar-refractivity contribution in [3.63, 3.8) is 0 Å². The van der Waals surface area contributed by atoms with Gasteiger partial charge < -0.3 is 5.32 Å². The van der Waals surface area contributed by atoms with Crippen LogP contribution in [0.15, 0.2) is 23.8 Å². The first kappa shape index (κ1) is 12.0. The minimum atomic E-state index is 0.800. The molecule has 3 rings (SSSR count). The van der Waals surface area contributed by atoms with Gasteiger partial charge in [-0.2, -0.15) is 0 Å². The number of thiophene rings is 1. The molecule has 0 spiro atoms. The molecule has 98 valence electrons. The van der Waals surface area contributed by atoms with E-state index in [1.807, 2.05) is 23.2 Å². The summed E-state index contributed by atoms with van der Waals surface area (Å²) in [5.41, 5.74) is 0. The molecule has 6 nitrogen and oxygen atoms in total. The Morgan fingerprint density at radius 1 is 1.37 bits per heavy atom. The highest BCUT2D eigenvalue weighted by Gasteiger charge is 2.06. The van der Waals surface area contributed by atoms with Crippen LogP contribution in [0.1, 0.15) is 12.2 Å². The van der Waals surface area contributed by atoms with E-state index in [4.69, 9.17) is 0 Å². The van der Waals surface area contributed by atoms with Crippen LogP contribution in [0.25, 0.3) is 10.2 Å². The zero-order valence-corrected chi connectivity index (χ0v) is 11.4. The van der Waals surface area contributed by atoms with E-state index in [0.29, 0.717) is 0 Å². The molecule has 0 bridgehead atoms. The highest BCUT2D eigenvalue weighted by molar-refractivity contribution is 7.16. The number of aryl methyl sites for hydroxylation is 2. The van der Waals surface area contributed by atoms with Crippen LogP contribution in [0, 0.1) is 6.92 Å². The van der Waals surface area contributed by atoms with Crippen molar-refractivity contribution in [1.29, 1.82) is 0 Å². The number of hydrogen-bond donors (Lipinski definition) is 1. The normalized spacial score (nSPS) is 11.0. The number of fused-ring (bicyclic) bond motifs is 1. The molecule has 0 aliphatic rings. The molecule has 0 saturated carbocycles. The summed E-state index contributed by atoms with van der Waals surface area (Å²) >= 11 is 1.64. The third-order valence-corrected chi connectivity index (χ3v) is 3.57. The van der Waals surface area contributed by atoms with Gasteiger partial charge in [-0.3, -0.25) is 4.68 Å². The van der Waals surface area contributed by atoms with E-state index in [0.717, 1.165) is 41.4 Å². The summed E-state index contributed by atoms with van der Waals surface area (Å²) in [7, 11) is 0. The van der Waals surface area contributed by atoms with E-state index in [1.54, 1.807) is 17.5 Å². The Morgan fingerprint density at radius 3 is 3.16 bits per heavy atom. The molecular weight excluding hydrogens is 260 g/mol. The lowest BCUT2D eigenvalue weighted by molar-refractivity contribution is 0.569. The predicted octanol–water partition coefficient (Wildman–Crippen LogP) is 2.09. The first-order valence-electron chi connectivity index (χ1n) is 6.13. The molecule has 0 unspecified atom stereocenters. The Balaban J connectivity index is 1.63. The number of rotatable bonds is 5. The fourth-order valence-corrected chi connectivity index (χ4v) is 2.71. The molecule has 3 aromatic rings. The molecule has 3 heterocycles. The second kappa shape index (κ2) is 5.31. The van der Waals surface area contributed by atoms with E-state index >= 15 is 0 Å². The zero-order valence-electron chi connectivity index (χ0n) is 10.6. The standard InChI is InChI=1S/C12H14N6S/c1-9-15-11(10-3-8-19-12(10)16-9)13-4-2-6-18-7-5-14-17-18/h3,5,7-8H,2,4,6H2,1H3,(H,13,15,16). The van der Waals surface area contributed by atoms with E-state index in [9.17, 15) is 0 Å². The SMILES string of the molecule is Cc1nc(NCCCn2ccnn2)c2ccsc2n1. The van der Waals surface area contributed by atoms with Crippen molar-refractivity contribution >= 4 is 27.4 Å². The van der Waals surface area contributed by atoms with Crippen molar-refractivity contribution in [2.24, 2.45) is 0 Å². The lowest BCUT2D eigenvalue weighted by atomic mass is 10.3. The van der Waals surface area contributed by atoms with Gasteiger partial charge in [0.2, 0.25) is 0 Å². The molecule has 1 N–H and O–H groups in total. The number of nitrogens with zero attached hydrogens (tertiary/aromatic N) is 5. The minimum Gasteiger partial charge on any atom is -0.369 e. The third-order valence-electron chi connectivity index (χ3n) is 2.77. The maximum atomic E-state index is 4.46. The summed E-state index contributed by atoms with van der Waals surface area (Å²) in [4.78, 5) is 9.90. The quantitative estimate of drug-likeness (QED) is 0.721. The third kappa shape index (κ3) is 2.70. The van der Waals surface area contributed by atoms with Crippen molar-refractivity contribution in [2.45, 2.75) is 19.9 Å². The van der Waals surface area contributed by atoms with E-state index in [-0.39, 0.29) is 0 Å². The van der Waals surface area contributed by atoms with Gasteiger partial charge in [-0.25, -0.2) is 9.97 Å². The Morgan fingerprint density at radius 2 is 2.32 bits per heavy atom. The predicted molar refractivity (Wildman–Crippen MR) is 75.3 cm³/mol. The van der Waals surface area contributed by atoms with Gasteiger partial charge in [0, 0.05) is 19.3 Å². The molecule has 0 aromatic carbocycles. The van der Waals surface area contributed by atoms with Crippen LogP contribution in [-0.2, 0) is 6.54 Å².